The molecule has 114 valence electrons. The molecule has 0 amide bonds. The minimum absolute atomic E-state index is 0.839. The van der Waals surface area contributed by atoms with E-state index in [1.165, 1.54) is 38.8 Å². The summed E-state index contributed by atoms with van der Waals surface area (Å²) >= 11 is 0. The second-order valence-electron chi connectivity index (χ2n) is 8.15. The fourth-order valence-corrected chi connectivity index (χ4v) is 5.42. The summed E-state index contributed by atoms with van der Waals surface area (Å²) in [5.41, 5.74) is 3.56. The van der Waals surface area contributed by atoms with E-state index in [1.54, 1.807) is 5.70 Å². The molecule has 1 aliphatic carbocycles. The predicted octanol–water partition coefficient (Wildman–Crippen LogP) is 4.94. The molecule has 4 atom stereocenters. The maximum atomic E-state index is 2.68. The Balaban J connectivity index is 1.98. The van der Waals surface area contributed by atoms with Crippen LogP contribution in [0.5, 0.6) is 0 Å². The van der Waals surface area contributed by atoms with Gasteiger partial charge in [-0.3, -0.25) is 0 Å². The van der Waals surface area contributed by atoms with E-state index in [-0.39, 0.29) is 0 Å². The van der Waals surface area contributed by atoms with Crippen LogP contribution in [-0.2, 0) is 0 Å². The molecule has 20 heavy (non-hydrogen) atoms. The van der Waals surface area contributed by atoms with Gasteiger partial charge in [-0.15, -0.1) is 0 Å². The highest BCUT2D eigenvalue weighted by Crippen LogP contribution is 2.51. The van der Waals surface area contributed by atoms with Crippen LogP contribution in [0.4, 0.5) is 0 Å². The highest BCUT2D eigenvalue weighted by molar-refractivity contribution is 5.26. The molecule has 3 aliphatic heterocycles. The van der Waals surface area contributed by atoms with Crippen LogP contribution in [0.25, 0.3) is 0 Å². The van der Waals surface area contributed by atoms with Crippen molar-refractivity contribution in [2.45, 2.75) is 60.3 Å². The van der Waals surface area contributed by atoms with Gasteiger partial charge in [0.05, 0.1) is 0 Å². The number of rotatable bonds is 2. The first-order chi connectivity index (χ1) is 9.50. The third-order valence-electron chi connectivity index (χ3n) is 6.92. The lowest BCUT2D eigenvalue weighted by atomic mass is 9.58. The fraction of sp³-hybridized carbons (Fsp3) is 0.895. The molecular formula is C19H33N. The summed E-state index contributed by atoms with van der Waals surface area (Å²) in [6.45, 7) is 15.0. The lowest BCUT2D eigenvalue weighted by Gasteiger charge is -2.51. The lowest BCUT2D eigenvalue weighted by Crippen LogP contribution is -2.46. The average Bonchev–Trinajstić information content (AvgIpc) is 2.43. The molecule has 1 heteroatoms. The predicted molar refractivity (Wildman–Crippen MR) is 86.4 cm³/mol. The van der Waals surface area contributed by atoms with Crippen molar-refractivity contribution in [1.29, 1.82) is 0 Å². The molecule has 0 N–H and O–H groups in total. The van der Waals surface area contributed by atoms with Gasteiger partial charge in [-0.1, -0.05) is 34.1 Å². The molecule has 0 aromatic heterocycles. The van der Waals surface area contributed by atoms with Gasteiger partial charge in [0, 0.05) is 18.8 Å². The van der Waals surface area contributed by atoms with Crippen LogP contribution in [0.2, 0.25) is 0 Å². The van der Waals surface area contributed by atoms with E-state index in [1.807, 2.05) is 5.57 Å². The van der Waals surface area contributed by atoms with Crippen LogP contribution in [0.1, 0.15) is 60.3 Å². The van der Waals surface area contributed by atoms with E-state index in [4.69, 9.17) is 0 Å². The van der Waals surface area contributed by atoms with Crippen LogP contribution in [0.15, 0.2) is 11.3 Å². The number of allylic oxidation sites excluding steroid dienone is 2. The molecule has 1 saturated heterocycles. The topological polar surface area (TPSA) is 3.24 Å². The maximum absolute atomic E-state index is 2.68. The molecule has 2 fully saturated rings. The van der Waals surface area contributed by atoms with Crippen molar-refractivity contribution in [3.8, 4) is 0 Å². The first-order valence-corrected chi connectivity index (χ1v) is 8.96. The monoisotopic (exact) mass is 275 g/mol. The molecule has 0 aromatic rings. The zero-order valence-electron chi connectivity index (χ0n) is 14.2. The summed E-state index contributed by atoms with van der Waals surface area (Å²) in [6.07, 6.45) is 5.75. The lowest BCUT2D eigenvalue weighted by molar-refractivity contribution is 0.0770. The van der Waals surface area contributed by atoms with Crippen LogP contribution in [0.3, 0.4) is 0 Å². The first kappa shape index (κ1) is 14.5. The molecule has 0 spiro atoms. The fourth-order valence-electron chi connectivity index (χ4n) is 5.42. The molecule has 3 heterocycles. The SMILES string of the molecule is CC1=C(C2C(C(C)C)CC[C@@H](C)C2C)C2CCN1CC2. The van der Waals surface area contributed by atoms with Gasteiger partial charge >= 0.3 is 0 Å². The van der Waals surface area contributed by atoms with Crippen molar-refractivity contribution in [2.24, 2.45) is 35.5 Å². The van der Waals surface area contributed by atoms with E-state index in [2.05, 4.69) is 39.5 Å². The molecular weight excluding hydrogens is 242 g/mol. The number of hydrogen-bond donors (Lipinski definition) is 0. The molecule has 1 saturated carbocycles. The highest BCUT2D eigenvalue weighted by atomic mass is 15.2. The molecule has 4 aliphatic rings. The van der Waals surface area contributed by atoms with E-state index >= 15 is 0 Å². The minimum Gasteiger partial charge on any atom is -0.375 e. The molecule has 1 nitrogen and oxygen atoms in total. The average molecular weight is 275 g/mol. The van der Waals surface area contributed by atoms with Crippen LogP contribution < -0.4 is 0 Å². The van der Waals surface area contributed by atoms with Gasteiger partial charge in [-0.05, 0) is 67.3 Å². The van der Waals surface area contributed by atoms with Crippen molar-refractivity contribution in [2.75, 3.05) is 13.1 Å². The van der Waals surface area contributed by atoms with Crippen LogP contribution in [0, 0.1) is 35.5 Å². The largest absolute Gasteiger partial charge is 0.375 e. The summed E-state index contributed by atoms with van der Waals surface area (Å²) in [7, 11) is 0. The Morgan fingerprint density at radius 2 is 1.65 bits per heavy atom. The summed E-state index contributed by atoms with van der Waals surface area (Å²) in [4.78, 5) is 2.68. The molecule has 4 rings (SSSR count). The van der Waals surface area contributed by atoms with Gasteiger partial charge < -0.3 is 4.90 Å². The smallest absolute Gasteiger partial charge is 0.0180 e. The van der Waals surface area contributed by atoms with Crippen LogP contribution >= 0.6 is 0 Å². The maximum Gasteiger partial charge on any atom is 0.0180 e. The van der Waals surface area contributed by atoms with E-state index in [0.717, 1.165) is 35.5 Å². The van der Waals surface area contributed by atoms with Gasteiger partial charge in [0.25, 0.3) is 0 Å². The Labute approximate surface area is 125 Å². The standard InChI is InChI=1S/C19H33N/c1-12(2)17-7-6-13(3)14(4)18(17)19-15(5)20-10-8-16(19)9-11-20/h12-14,16-18H,6-11H2,1-5H3/t13-,14?,17?,18?/m1/s1. The van der Waals surface area contributed by atoms with Crippen molar-refractivity contribution < 1.29 is 0 Å². The van der Waals surface area contributed by atoms with Crippen LogP contribution in [-0.4, -0.2) is 18.0 Å². The van der Waals surface area contributed by atoms with E-state index in [0.29, 0.717) is 0 Å². The minimum atomic E-state index is 0.839. The van der Waals surface area contributed by atoms with Gasteiger partial charge in [-0.25, -0.2) is 0 Å². The zero-order valence-corrected chi connectivity index (χ0v) is 14.2. The van der Waals surface area contributed by atoms with Crippen molar-refractivity contribution >= 4 is 0 Å². The highest BCUT2D eigenvalue weighted by Gasteiger charge is 2.43. The van der Waals surface area contributed by atoms with Crippen molar-refractivity contribution in [3.63, 3.8) is 0 Å². The van der Waals surface area contributed by atoms with E-state index < -0.39 is 0 Å². The van der Waals surface area contributed by atoms with Gasteiger partial charge in [0.15, 0.2) is 0 Å². The summed E-state index contributed by atoms with van der Waals surface area (Å²) in [5, 5.41) is 0. The van der Waals surface area contributed by atoms with Gasteiger partial charge in [-0.2, -0.15) is 0 Å². The number of piperidine rings is 1. The summed E-state index contributed by atoms with van der Waals surface area (Å²) in [5.74, 6) is 5.33. The molecule has 0 aromatic carbocycles. The summed E-state index contributed by atoms with van der Waals surface area (Å²) in [6, 6.07) is 0. The Morgan fingerprint density at radius 3 is 2.20 bits per heavy atom. The zero-order chi connectivity index (χ0) is 14.4. The quantitative estimate of drug-likeness (QED) is 0.690. The second-order valence-corrected chi connectivity index (χ2v) is 8.15. The number of fused-ring (bicyclic) bond motifs is 2. The Bertz CT molecular complexity index is 387. The normalized spacial score (nSPS) is 39.0. The third kappa shape index (κ3) is 2.22. The number of nitrogens with zero attached hydrogens (tertiary/aromatic N) is 1. The van der Waals surface area contributed by atoms with Crippen molar-refractivity contribution in [1.82, 2.24) is 4.90 Å². The molecule has 0 radical (unpaired) electrons. The third-order valence-corrected chi connectivity index (χ3v) is 6.92. The van der Waals surface area contributed by atoms with E-state index in [9.17, 15) is 0 Å². The second kappa shape index (κ2) is 5.39. The molecule has 2 bridgehead atoms. The Kier molecular flexibility index (Phi) is 3.90. The molecule has 3 unspecified atom stereocenters. The summed E-state index contributed by atoms with van der Waals surface area (Å²) < 4.78 is 0. The Hall–Kier alpha value is -0.460. The van der Waals surface area contributed by atoms with Gasteiger partial charge in [0.2, 0.25) is 0 Å². The Morgan fingerprint density at radius 1 is 1.00 bits per heavy atom. The van der Waals surface area contributed by atoms with Crippen molar-refractivity contribution in [3.05, 3.63) is 11.3 Å². The van der Waals surface area contributed by atoms with Gasteiger partial charge in [0.1, 0.15) is 0 Å². The first-order valence-electron chi connectivity index (χ1n) is 8.96. The number of hydrogen-bond acceptors (Lipinski definition) is 1.